The molecule has 6 heteroatoms. The summed E-state index contributed by atoms with van der Waals surface area (Å²) in [5.41, 5.74) is 0.849. The van der Waals surface area contributed by atoms with E-state index in [2.05, 4.69) is 31.6 Å². The second-order valence-corrected chi connectivity index (χ2v) is 6.66. The zero-order valence-electron chi connectivity index (χ0n) is 12.6. The summed E-state index contributed by atoms with van der Waals surface area (Å²) in [6, 6.07) is 5.43. The molecule has 1 aromatic carbocycles. The van der Waals surface area contributed by atoms with E-state index in [9.17, 15) is 4.39 Å². The Morgan fingerprint density at radius 3 is 2.95 bits per heavy atom. The van der Waals surface area contributed by atoms with Gasteiger partial charge in [-0.3, -0.25) is 0 Å². The van der Waals surface area contributed by atoms with Crippen molar-refractivity contribution in [2.45, 2.75) is 51.0 Å². The van der Waals surface area contributed by atoms with Gasteiger partial charge in [0, 0.05) is 6.54 Å². The summed E-state index contributed by atoms with van der Waals surface area (Å²) in [5, 5.41) is 6.70. The molecule has 4 nitrogen and oxygen atoms in total. The first-order valence-electron chi connectivity index (χ1n) is 7.80. The first kappa shape index (κ1) is 15.7. The molecule has 22 heavy (non-hydrogen) atoms. The van der Waals surface area contributed by atoms with E-state index in [4.69, 9.17) is 4.74 Å². The largest absolute Gasteiger partial charge is 0.373 e. The highest BCUT2D eigenvalue weighted by molar-refractivity contribution is 9.10. The number of rotatable bonds is 4. The van der Waals surface area contributed by atoms with Crippen molar-refractivity contribution in [3.05, 3.63) is 34.1 Å². The van der Waals surface area contributed by atoms with Crippen molar-refractivity contribution in [3.63, 3.8) is 0 Å². The topological polar surface area (TPSA) is 45.7 Å². The third-order valence-electron chi connectivity index (χ3n) is 4.18. The molecule has 0 aliphatic carbocycles. The molecule has 3 atom stereocenters. The summed E-state index contributed by atoms with van der Waals surface area (Å²) < 4.78 is 19.9. The molecule has 0 spiro atoms. The van der Waals surface area contributed by atoms with Gasteiger partial charge in [0.1, 0.15) is 5.82 Å². The Balaban J connectivity index is 1.63. The second kappa shape index (κ2) is 6.96. The van der Waals surface area contributed by atoms with Gasteiger partial charge in [0.15, 0.2) is 5.96 Å². The fraction of sp³-hybridized carbons (Fsp3) is 0.562. The quantitative estimate of drug-likeness (QED) is 0.633. The van der Waals surface area contributed by atoms with Crippen LogP contribution in [0.1, 0.15) is 31.7 Å². The molecular formula is C16H21BrFN3O. The number of hydrogen-bond donors (Lipinski definition) is 2. The monoisotopic (exact) mass is 369 g/mol. The molecule has 2 aliphatic heterocycles. The number of guanidine groups is 1. The van der Waals surface area contributed by atoms with Crippen LogP contribution in [0.5, 0.6) is 0 Å². The first-order valence-corrected chi connectivity index (χ1v) is 8.59. The summed E-state index contributed by atoms with van der Waals surface area (Å²) in [4.78, 5) is 4.56. The normalized spacial score (nSPS) is 27.2. The lowest BCUT2D eigenvalue weighted by molar-refractivity contribution is 0.0992. The number of benzene rings is 1. The molecule has 2 aliphatic rings. The lowest BCUT2D eigenvalue weighted by atomic mass is 9.96. The molecule has 2 N–H and O–H groups in total. The van der Waals surface area contributed by atoms with Gasteiger partial charge in [-0.2, -0.15) is 0 Å². The number of halogens is 2. The highest BCUT2D eigenvalue weighted by Gasteiger charge is 2.41. The van der Waals surface area contributed by atoms with Crippen LogP contribution in [0, 0.1) is 5.82 Å². The van der Waals surface area contributed by atoms with E-state index < -0.39 is 0 Å². The fourth-order valence-corrected chi connectivity index (χ4v) is 3.34. The van der Waals surface area contributed by atoms with Gasteiger partial charge in [-0.15, -0.1) is 0 Å². The van der Waals surface area contributed by atoms with Gasteiger partial charge in [0.2, 0.25) is 0 Å². The second-order valence-electron chi connectivity index (χ2n) is 5.80. The first-order chi connectivity index (χ1) is 10.7. The molecule has 120 valence electrons. The van der Waals surface area contributed by atoms with Crippen LogP contribution in [-0.2, 0) is 11.3 Å². The Morgan fingerprint density at radius 2 is 2.32 bits per heavy atom. The van der Waals surface area contributed by atoms with Crippen molar-refractivity contribution in [2.24, 2.45) is 4.99 Å². The maximum absolute atomic E-state index is 13.5. The van der Waals surface area contributed by atoms with Gasteiger partial charge in [0.25, 0.3) is 0 Å². The van der Waals surface area contributed by atoms with Crippen LogP contribution in [-0.4, -0.2) is 30.8 Å². The van der Waals surface area contributed by atoms with Gasteiger partial charge in [-0.1, -0.05) is 6.07 Å². The minimum absolute atomic E-state index is 0.257. The average molecular weight is 370 g/mol. The van der Waals surface area contributed by atoms with E-state index in [0.29, 0.717) is 29.3 Å². The molecule has 2 fully saturated rings. The maximum Gasteiger partial charge on any atom is 0.191 e. The molecular weight excluding hydrogens is 349 g/mol. The van der Waals surface area contributed by atoms with Crippen LogP contribution in [0.4, 0.5) is 4.39 Å². The zero-order chi connectivity index (χ0) is 15.5. The molecule has 0 radical (unpaired) electrons. The van der Waals surface area contributed by atoms with E-state index in [-0.39, 0.29) is 5.82 Å². The van der Waals surface area contributed by atoms with Crippen LogP contribution in [0.2, 0.25) is 0 Å². The predicted molar refractivity (Wildman–Crippen MR) is 88.4 cm³/mol. The van der Waals surface area contributed by atoms with Crippen molar-refractivity contribution in [1.29, 1.82) is 0 Å². The summed E-state index contributed by atoms with van der Waals surface area (Å²) in [7, 11) is 0. The fourth-order valence-electron chi connectivity index (χ4n) is 3.09. The van der Waals surface area contributed by atoms with E-state index >= 15 is 0 Å². The highest BCUT2D eigenvalue weighted by atomic mass is 79.9. The van der Waals surface area contributed by atoms with Crippen LogP contribution in [0.15, 0.2) is 27.7 Å². The van der Waals surface area contributed by atoms with Gasteiger partial charge in [-0.25, -0.2) is 9.38 Å². The van der Waals surface area contributed by atoms with E-state index in [1.54, 1.807) is 6.07 Å². The lowest BCUT2D eigenvalue weighted by Gasteiger charge is -2.22. The van der Waals surface area contributed by atoms with E-state index in [1.807, 2.05) is 13.0 Å². The molecule has 3 rings (SSSR count). The van der Waals surface area contributed by atoms with Crippen molar-refractivity contribution in [3.8, 4) is 0 Å². The van der Waals surface area contributed by atoms with Crippen molar-refractivity contribution in [2.75, 3.05) is 6.54 Å². The Bertz CT molecular complexity index is 566. The summed E-state index contributed by atoms with van der Waals surface area (Å²) in [5.74, 6) is 0.513. The van der Waals surface area contributed by atoms with Crippen LogP contribution < -0.4 is 10.6 Å². The Kier molecular flexibility index (Phi) is 4.98. The van der Waals surface area contributed by atoms with E-state index in [1.165, 1.54) is 12.5 Å². The lowest BCUT2D eigenvalue weighted by Crippen LogP contribution is -2.47. The number of hydrogen-bond acceptors (Lipinski definition) is 2. The third-order valence-corrected chi connectivity index (χ3v) is 4.82. The van der Waals surface area contributed by atoms with Gasteiger partial charge in [0.05, 0.1) is 29.3 Å². The Morgan fingerprint density at radius 1 is 1.45 bits per heavy atom. The number of fused-ring (bicyclic) bond motifs is 2. The van der Waals surface area contributed by atoms with Crippen LogP contribution in [0.25, 0.3) is 0 Å². The highest BCUT2D eigenvalue weighted by Crippen LogP contribution is 2.34. The number of nitrogens with zero attached hydrogens (tertiary/aromatic N) is 1. The number of aliphatic imine (C=N–C) groups is 1. The van der Waals surface area contributed by atoms with Gasteiger partial charge < -0.3 is 15.4 Å². The molecule has 2 heterocycles. The minimum atomic E-state index is -0.257. The Hall–Kier alpha value is -1.14. The maximum atomic E-state index is 13.5. The van der Waals surface area contributed by atoms with Crippen molar-refractivity contribution >= 4 is 21.9 Å². The average Bonchev–Trinajstić information content (AvgIpc) is 3.11. The molecule has 1 aromatic rings. The summed E-state index contributed by atoms with van der Waals surface area (Å²) >= 11 is 3.16. The van der Waals surface area contributed by atoms with Crippen molar-refractivity contribution < 1.29 is 9.13 Å². The smallest absolute Gasteiger partial charge is 0.191 e. The summed E-state index contributed by atoms with van der Waals surface area (Å²) in [6.07, 6.45) is 4.06. The van der Waals surface area contributed by atoms with Crippen LogP contribution in [0.3, 0.4) is 0 Å². The molecule has 3 unspecified atom stereocenters. The van der Waals surface area contributed by atoms with Gasteiger partial charge >= 0.3 is 0 Å². The summed E-state index contributed by atoms with van der Waals surface area (Å²) in [6.45, 7) is 3.28. The molecule has 0 aromatic heterocycles. The zero-order valence-corrected chi connectivity index (χ0v) is 14.2. The Labute approximate surface area is 138 Å². The predicted octanol–water partition coefficient (Wildman–Crippen LogP) is 2.96. The standard InChI is InChI=1S/C16H21BrFN3O/c1-2-19-16(21-14-8-11-4-6-15(14)22-11)20-9-10-3-5-12(17)13(18)7-10/h3,5,7,11,14-15H,2,4,6,8-9H2,1H3,(H2,19,20,21). The molecule has 0 amide bonds. The van der Waals surface area contributed by atoms with E-state index in [0.717, 1.165) is 30.9 Å². The van der Waals surface area contributed by atoms with Crippen molar-refractivity contribution in [1.82, 2.24) is 10.6 Å². The molecule has 2 saturated heterocycles. The van der Waals surface area contributed by atoms with Crippen LogP contribution >= 0.6 is 15.9 Å². The third kappa shape index (κ3) is 3.60. The van der Waals surface area contributed by atoms with Gasteiger partial charge in [-0.05, 0) is 59.8 Å². The SMILES string of the molecule is CCNC(=NCc1ccc(Br)c(F)c1)NC1CC2CCC1O2. The molecule has 2 bridgehead atoms. The number of ether oxygens (including phenoxy) is 1. The minimum Gasteiger partial charge on any atom is -0.373 e. The molecule has 0 saturated carbocycles. The number of nitrogens with one attached hydrogen (secondary N) is 2.